The Morgan fingerprint density at radius 1 is 1.40 bits per heavy atom. The highest BCUT2D eigenvalue weighted by molar-refractivity contribution is 5.21. The summed E-state index contributed by atoms with van der Waals surface area (Å²) in [5.41, 5.74) is 0.394. The van der Waals surface area contributed by atoms with Gasteiger partial charge in [0.2, 0.25) is 0 Å². The summed E-state index contributed by atoms with van der Waals surface area (Å²) in [5.74, 6) is -0.0277. The van der Waals surface area contributed by atoms with Crippen LogP contribution in [0.4, 0.5) is 0 Å². The Morgan fingerprint density at radius 2 is 2.00 bits per heavy atom. The van der Waals surface area contributed by atoms with Crippen LogP contribution in [0.2, 0.25) is 0 Å². The van der Waals surface area contributed by atoms with Crippen molar-refractivity contribution in [3.05, 3.63) is 28.2 Å². The lowest BCUT2D eigenvalue weighted by Gasteiger charge is -2.16. The second kappa shape index (κ2) is 4.95. The van der Waals surface area contributed by atoms with E-state index < -0.39 is 6.29 Å². The fourth-order valence-corrected chi connectivity index (χ4v) is 1.34. The van der Waals surface area contributed by atoms with Crippen molar-refractivity contribution in [2.75, 3.05) is 14.2 Å². The van der Waals surface area contributed by atoms with Crippen molar-refractivity contribution in [3.63, 3.8) is 0 Å². The van der Waals surface area contributed by atoms with E-state index in [0.717, 1.165) is 6.07 Å². The zero-order chi connectivity index (χ0) is 11.4. The predicted octanol–water partition coefficient (Wildman–Crippen LogP) is 0.481. The molecule has 0 saturated heterocycles. The fraction of sp³-hybridized carbons (Fsp3) is 0.500. The molecule has 0 aliphatic rings. The molecule has 0 amide bonds. The highest BCUT2D eigenvalue weighted by atomic mass is 16.7. The maximum atomic E-state index is 11.5. The molecule has 1 rings (SSSR count). The van der Waals surface area contributed by atoms with Crippen molar-refractivity contribution in [3.8, 4) is 5.75 Å². The van der Waals surface area contributed by atoms with Gasteiger partial charge in [-0.2, -0.15) is 0 Å². The highest BCUT2D eigenvalue weighted by Gasteiger charge is 2.09. The third-order valence-corrected chi connectivity index (χ3v) is 2.18. The number of aryl methyl sites for hydroxylation is 1. The van der Waals surface area contributed by atoms with Crippen LogP contribution in [0.3, 0.4) is 0 Å². The third kappa shape index (κ3) is 2.81. The Morgan fingerprint density at radius 3 is 2.47 bits per heavy atom. The number of pyridine rings is 1. The minimum atomic E-state index is -0.467. The second-order valence-corrected chi connectivity index (χ2v) is 3.20. The first kappa shape index (κ1) is 11.7. The number of aromatic nitrogens is 1. The molecule has 0 aliphatic carbocycles. The van der Waals surface area contributed by atoms with Gasteiger partial charge in [-0.15, -0.1) is 0 Å². The molecule has 5 nitrogen and oxygen atoms in total. The lowest BCUT2D eigenvalue weighted by molar-refractivity contribution is -0.111. The smallest absolute Gasteiger partial charge is 0.254 e. The predicted molar refractivity (Wildman–Crippen MR) is 54.9 cm³/mol. The molecule has 0 unspecified atom stereocenters. The van der Waals surface area contributed by atoms with Crippen LogP contribution in [0.15, 0.2) is 16.9 Å². The van der Waals surface area contributed by atoms with Crippen molar-refractivity contribution < 1.29 is 14.6 Å². The highest BCUT2D eigenvalue weighted by Crippen LogP contribution is 2.08. The van der Waals surface area contributed by atoms with Crippen LogP contribution in [0, 0.1) is 6.92 Å². The minimum Gasteiger partial charge on any atom is -0.508 e. The zero-order valence-corrected chi connectivity index (χ0v) is 9.06. The average molecular weight is 213 g/mol. The topological polar surface area (TPSA) is 60.7 Å². The van der Waals surface area contributed by atoms with Crippen molar-refractivity contribution in [2.24, 2.45) is 0 Å². The zero-order valence-electron chi connectivity index (χ0n) is 9.06. The maximum absolute atomic E-state index is 11.5. The SMILES string of the molecule is COC(Cn1c(C)cc(O)cc1=O)OC. The van der Waals surface area contributed by atoms with E-state index >= 15 is 0 Å². The van der Waals surface area contributed by atoms with Gasteiger partial charge in [-0.25, -0.2) is 0 Å². The van der Waals surface area contributed by atoms with Crippen molar-refractivity contribution in [1.29, 1.82) is 0 Å². The Kier molecular flexibility index (Phi) is 3.88. The summed E-state index contributed by atoms with van der Waals surface area (Å²) >= 11 is 0. The Bertz CT molecular complexity index is 381. The van der Waals surface area contributed by atoms with Crippen LogP contribution < -0.4 is 5.56 Å². The molecule has 0 saturated carbocycles. The van der Waals surface area contributed by atoms with E-state index in [2.05, 4.69) is 0 Å². The number of rotatable bonds is 4. The average Bonchev–Trinajstić information content (AvgIpc) is 2.17. The van der Waals surface area contributed by atoms with Gasteiger partial charge in [-0.1, -0.05) is 0 Å². The van der Waals surface area contributed by atoms with Gasteiger partial charge in [-0.3, -0.25) is 4.79 Å². The van der Waals surface area contributed by atoms with E-state index in [4.69, 9.17) is 9.47 Å². The van der Waals surface area contributed by atoms with Gasteiger partial charge in [0.25, 0.3) is 5.56 Å². The van der Waals surface area contributed by atoms with E-state index in [0.29, 0.717) is 12.2 Å². The summed E-state index contributed by atoms with van der Waals surface area (Å²) in [7, 11) is 3.02. The van der Waals surface area contributed by atoms with E-state index in [1.54, 1.807) is 6.92 Å². The molecule has 0 aromatic carbocycles. The number of aromatic hydroxyl groups is 1. The quantitative estimate of drug-likeness (QED) is 0.739. The van der Waals surface area contributed by atoms with Crippen LogP contribution >= 0.6 is 0 Å². The van der Waals surface area contributed by atoms with Crippen LogP contribution in [-0.4, -0.2) is 30.2 Å². The normalized spacial score (nSPS) is 10.9. The summed E-state index contributed by atoms with van der Waals surface area (Å²) in [6.07, 6.45) is -0.467. The lowest BCUT2D eigenvalue weighted by atomic mass is 10.3. The molecule has 84 valence electrons. The number of hydrogen-bond acceptors (Lipinski definition) is 4. The maximum Gasteiger partial charge on any atom is 0.254 e. The van der Waals surface area contributed by atoms with Crippen LogP contribution in [0.25, 0.3) is 0 Å². The van der Waals surface area contributed by atoms with Gasteiger partial charge in [0.15, 0.2) is 6.29 Å². The van der Waals surface area contributed by atoms with Gasteiger partial charge in [0, 0.05) is 26.0 Å². The Balaban J connectivity index is 2.99. The summed E-state index contributed by atoms with van der Waals surface area (Å²) in [5, 5.41) is 9.19. The minimum absolute atomic E-state index is 0.0277. The Labute approximate surface area is 87.9 Å². The van der Waals surface area contributed by atoms with Crippen LogP contribution in [0.1, 0.15) is 5.69 Å². The molecular formula is C10H15NO4. The molecule has 0 spiro atoms. The molecule has 0 bridgehead atoms. The molecule has 1 aromatic rings. The van der Waals surface area contributed by atoms with Gasteiger partial charge in [-0.05, 0) is 13.0 Å². The molecule has 1 N–H and O–H groups in total. The van der Waals surface area contributed by atoms with E-state index in [1.165, 1.54) is 24.9 Å². The molecular weight excluding hydrogens is 198 g/mol. The van der Waals surface area contributed by atoms with E-state index in [1.807, 2.05) is 0 Å². The first-order chi connectivity index (χ1) is 7.08. The number of ether oxygens (including phenoxy) is 2. The molecule has 15 heavy (non-hydrogen) atoms. The molecule has 1 heterocycles. The van der Waals surface area contributed by atoms with Crippen molar-refractivity contribution >= 4 is 0 Å². The van der Waals surface area contributed by atoms with E-state index in [-0.39, 0.29) is 11.3 Å². The fourth-order valence-electron chi connectivity index (χ4n) is 1.34. The molecule has 0 fully saturated rings. The standard InChI is InChI=1S/C10H15NO4/c1-7-4-8(12)5-9(13)11(7)6-10(14-2)15-3/h4-5,10,12H,6H2,1-3H3. The monoisotopic (exact) mass is 213 g/mol. The largest absolute Gasteiger partial charge is 0.508 e. The van der Waals surface area contributed by atoms with Crippen molar-refractivity contribution in [2.45, 2.75) is 19.8 Å². The summed E-state index contributed by atoms with van der Waals surface area (Å²) in [4.78, 5) is 11.5. The van der Waals surface area contributed by atoms with E-state index in [9.17, 15) is 9.90 Å². The number of nitrogens with zero attached hydrogens (tertiary/aromatic N) is 1. The van der Waals surface area contributed by atoms with Gasteiger partial charge in [0.05, 0.1) is 6.54 Å². The van der Waals surface area contributed by atoms with Gasteiger partial charge < -0.3 is 19.1 Å². The summed E-state index contributed by atoms with van der Waals surface area (Å²) in [6, 6.07) is 2.68. The summed E-state index contributed by atoms with van der Waals surface area (Å²) in [6.45, 7) is 2.04. The van der Waals surface area contributed by atoms with Gasteiger partial charge in [0.1, 0.15) is 5.75 Å². The summed E-state index contributed by atoms with van der Waals surface area (Å²) < 4.78 is 11.5. The molecule has 5 heteroatoms. The molecule has 0 radical (unpaired) electrons. The van der Waals surface area contributed by atoms with Gasteiger partial charge >= 0.3 is 0 Å². The second-order valence-electron chi connectivity index (χ2n) is 3.20. The number of methoxy groups -OCH3 is 2. The van der Waals surface area contributed by atoms with Crippen molar-refractivity contribution in [1.82, 2.24) is 4.57 Å². The first-order valence-electron chi connectivity index (χ1n) is 4.54. The molecule has 0 atom stereocenters. The van der Waals surface area contributed by atoms with Crippen LogP contribution in [0.5, 0.6) is 5.75 Å². The molecule has 1 aromatic heterocycles. The van der Waals surface area contributed by atoms with Crippen LogP contribution in [-0.2, 0) is 16.0 Å². The number of hydrogen-bond donors (Lipinski definition) is 1. The Hall–Kier alpha value is -1.33. The lowest BCUT2D eigenvalue weighted by Crippen LogP contribution is -2.29. The third-order valence-electron chi connectivity index (χ3n) is 2.18. The first-order valence-corrected chi connectivity index (χ1v) is 4.54. The molecule has 0 aliphatic heterocycles.